The maximum absolute atomic E-state index is 13.2. The fourth-order valence-corrected chi connectivity index (χ4v) is 1.39. The molecule has 0 aliphatic rings. The molecule has 0 amide bonds. The molecule has 1 unspecified atom stereocenters. The quantitative estimate of drug-likeness (QED) is 0.504. The number of alkyl halides is 13. The Morgan fingerprint density at radius 2 is 1.12 bits per heavy atom. The second kappa shape index (κ2) is 6.60. The van der Waals surface area contributed by atoms with Gasteiger partial charge in [0, 0.05) is 0 Å². The van der Waals surface area contributed by atoms with Crippen molar-refractivity contribution in [1.29, 1.82) is 0 Å². The van der Waals surface area contributed by atoms with Crippen LogP contribution in [0.1, 0.15) is 6.42 Å². The first-order valence-electron chi connectivity index (χ1n) is 5.83. The molecule has 0 rings (SSSR count). The van der Waals surface area contributed by atoms with E-state index in [1.807, 2.05) is 0 Å². The summed E-state index contributed by atoms with van der Waals surface area (Å²) in [7, 11) is 0.397. The molecule has 0 heterocycles. The Morgan fingerprint density at radius 1 is 0.769 bits per heavy atom. The first kappa shape index (κ1) is 24.5. The van der Waals surface area contributed by atoms with E-state index in [4.69, 9.17) is 5.11 Å². The zero-order valence-corrected chi connectivity index (χ0v) is 12.0. The van der Waals surface area contributed by atoms with Gasteiger partial charge in [-0.2, -0.15) is 57.1 Å². The molecule has 0 aromatic rings. The minimum Gasteiger partial charge on any atom is -0.467 e. The van der Waals surface area contributed by atoms with Crippen molar-refractivity contribution < 1.29 is 71.7 Å². The van der Waals surface area contributed by atoms with Crippen LogP contribution in [-0.4, -0.2) is 60.1 Å². The van der Waals surface area contributed by atoms with Gasteiger partial charge >= 0.3 is 41.8 Å². The van der Waals surface area contributed by atoms with Gasteiger partial charge in [0.05, 0.1) is 13.5 Å². The van der Waals surface area contributed by atoms with Crippen LogP contribution >= 0.6 is 0 Å². The Hall–Kier alpha value is -1.48. The molecule has 1 atom stereocenters. The maximum atomic E-state index is 13.2. The van der Waals surface area contributed by atoms with Crippen molar-refractivity contribution in [2.24, 2.45) is 0 Å². The first-order valence-corrected chi connectivity index (χ1v) is 5.83. The molecule has 26 heavy (non-hydrogen) atoms. The molecule has 0 spiro atoms. The number of esters is 1. The second-order valence-corrected chi connectivity index (χ2v) is 4.74. The molecule has 0 fully saturated rings. The van der Waals surface area contributed by atoms with Crippen LogP contribution in [0, 0.1) is 0 Å². The fourth-order valence-electron chi connectivity index (χ4n) is 1.39. The molecule has 0 aliphatic heterocycles. The van der Waals surface area contributed by atoms with E-state index in [2.05, 4.69) is 4.74 Å². The monoisotopic (exact) mass is 422 g/mol. The van der Waals surface area contributed by atoms with Crippen LogP contribution in [0.4, 0.5) is 57.1 Å². The normalized spacial score (nSPS) is 16.4. The Labute approximate surface area is 134 Å². The number of methoxy groups -OCH3 is 1. The molecule has 156 valence electrons. The number of rotatable bonds is 7. The van der Waals surface area contributed by atoms with Crippen LogP contribution in [0.15, 0.2) is 0 Å². The Morgan fingerprint density at radius 3 is 1.42 bits per heavy atom. The summed E-state index contributed by atoms with van der Waals surface area (Å²) < 4.78 is 169. The van der Waals surface area contributed by atoms with E-state index in [0.29, 0.717) is 7.11 Å². The summed E-state index contributed by atoms with van der Waals surface area (Å²) in [5.41, 5.74) is 0. The molecule has 0 aliphatic carbocycles. The summed E-state index contributed by atoms with van der Waals surface area (Å²) in [6, 6.07) is 0. The van der Waals surface area contributed by atoms with Crippen molar-refractivity contribution in [3.05, 3.63) is 0 Å². The third-order valence-corrected chi connectivity index (χ3v) is 2.92. The van der Waals surface area contributed by atoms with Gasteiger partial charge in [0.25, 0.3) is 0 Å². The molecular weight excluding hydrogens is 415 g/mol. The number of aliphatic hydroxyl groups excluding tert-OH is 1. The van der Waals surface area contributed by atoms with E-state index < -0.39 is 54.3 Å². The van der Waals surface area contributed by atoms with Gasteiger partial charge in [-0.3, -0.25) is 0 Å². The lowest BCUT2D eigenvalue weighted by molar-refractivity contribution is -0.440. The van der Waals surface area contributed by atoms with Crippen LogP contribution in [0.3, 0.4) is 0 Å². The lowest BCUT2D eigenvalue weighted by Gasteiger charge is -2.40. The van der Waals surface area contributed by atoms with Crippen LogP contribution in [0.25, 0.3) is 0 Å². The smallest absolute Gasteiger partial charge is 0.460 e. The third-order valence-electron chi connectivity index (χ3n) is 2.92. The molecule has 3 nitrogen and oxygen atoms in total. The van der Waals surface area contributed by atoms with E-state index in [1.165, 1.54) is 0 Å². The van der Waals surface area contributed by atoms with E-state index in [9.17, 15) is 61.9 Å². The number of aliphatic hydroxyl groups is 1. The summed E-state index contributed by atoms with van der Waals surface area (Å²) in [5.74, 6) is -40.0. The van der Waals surface area contributed by atoms with E-state index in [1.54, 1.807) is 0 Å². The highest BCUT2D eigenvalue weighted by atomic mass is 19.4. The standard InChI is InChI=1S/C10H7F13O3/c1-26-4(25)3(24)2-5(11,12)6(13,14)7(15,16)8(17,18)9(19,20)10(21,22)23/h3,24H,2H2,1H3. The average Bonchev–Trinajstić information content (AvgIpc) is 2.43. The summed E-state index contributed by atoms with van der Waals surface area (Å²) in [5, 5.41) is 8.73. The number of carbonyl (C=O) groups excluding carboxylic acids is 1. The highest BCUT2D eigenvalue weighted by Crippen LogP contribution is 2.60. The molecule has 16 heteroatoms. The number of carbonyl (C=O) groups is 1. The molecule has 0 radical (unpaired) electrons. The summed E-state index contributed by atoms with van der Waals surface area (Å²) in [4.78, 5) is 10.6. The lowest BCUT2D eigenvalue weighted by Crippen LogP contribution is -2.70. The SMILES string of the molecule is COC(=O)C(O)CC(F)(F)C(F)(F)C(F)(F)C(F)(F)C(F)(F)C(F)(F)F. The van der Waals surface area contributed by atoms with Crippen molar-refractivity contribution in [3.8, 4) is 0 Å². The maximum Gasteiger partial charge on any atom is 0.460 e. The summed E-state index contributed by atoms with van der Waals surface area (Å²) in [6.45, 7) is 0. The van der Waals surface area contributed by atoms with Crippen LogP contribution in [0.2, 0.25) is 0 Å². The van der Waals surface area contributed by atoms with E-state index in [0.717, 1.165) is 0 Å². The van der Waals surface area contributed by atoms with E-state index >= 15 is 0 Å². The van der Waals surface area contributed by atoms with Crippen molar-refractivity contribution in [2.45, 2.75) is 48.3 Å². The van der Waals surface area contributed by atoms with Crippen LogP contribution in [-0.2, 0) is 9.53 Å². The molecule has 0 saturated heterocycles. The predicted octanol–water partition coefficient (Wildman–Crippen LogP) is 3.65. The topological polar surface area (TPSA) is 46.5 Å². The van der Waals surface area contributed by atoms with Gasteiger partial charge in [-0.15, -0.1) is 0 Å². The van der Waals surface area contributed by atoms with Gasteiger partial charge in [-0.25, -0.2) is 4.79 Å². The van der Waals surface area contributed by atoms with Crippen molar-refractivity contribution in [3.63, 3.8) is 0 Å². The van der Waals surface area contributed by atoms with Crippen molar-refractivity contribution in [2.75, 3.05) is 7.11 Å². The Balaban J connectivity index is 6.12. The fraction of sp³-hybridized carbons (Fsp3) is 0.900. The molecule has 0 saturated carbocycles. The second-order valence-electron chi connectivity index (χ2n) is 4.74. The van der Waals surface area contributed by atoms with Crippen LogP contribution in [0.5, 0.6) is 0 Å². The molecule has 1 N–H and O–H groups in total. The van der Waals surface area contributed by atoms with Gasteiger partial charge in [-0.1, -0.05) is 0 Å². The number of halogens is 13. The van der Waals surface area contributed by atoms with Gasteiger partial charge in [0.1, 0.15) is 0 Å². The Kier molecular flexibility index (Phi) is 6.22. The average molecular weight is 422 g/mol. The highest BCUT2D eigenvalue weighted by Gasteiger charge is 2.90. The lowest BCUT2D eigenvalue weighted by atomic mass is 9.91. The van der Waals surface area contributed by atoms with Gasteiger partial charge < -0.3 is 9.84 Å². The highest BCUT2D eigenvalue weighted by molar-refractivity contribution is 5.74. The van der Waals surface area contributed by atoms with Crippen LogP contribution < -0.4 is 0 Å². The zero-order chi connectivity index (χ0) is 21.6. The molecule has 0 bridgehead atoms. The zero-order valence-electron chi connectivity index (χ0n) is 12.0. The van der Waals surface area contributed by atoms with Gasteiger partial charge in [0.2, 0.25) is 0 Å². The number of ether oxygens (including phenoxy) is 1. The molecular formula is C10H7F13O3. The first-order chi connectivity index (χ1) is 11.1. The van der Waals surface area contributed by atoms with Gasteiger partial charge in [0.15, 0.2) is 6.10 Å². The number of hydrogen-bond donors (Lipinski definition) is 1. The Bertz CT molecular complexity index is 525. The summed E-state index contributed by atoms with van der Waals surface area (Å²) >= 11 is 0. The minimum atomic E-state index is -8.03. The number of hydrogen-bond acceptors (Lipinski definition) is 3. The van der Waals surface area contributed by atoms with Crippen molar-refractivity contribution >= 4 is 5.97 Å². The van der Waals surface area contributed by atoms with Crippen molar-refractivity contribution in [1.82, 2.24) is 0 Å². The molecule has 0 aromatic carbocycles. The minimum absolute atomic E-state index is 0.397. The van der Waals surface area contributed by atoms with E-state index in [-0.39, 0.29) is 0 Å². The summed E-state index contributed by atoms with van der Waals surface area (Å²) in [6.07, 6.45) is -13.9. The largest absolute Gasteiger partial charge is 0.467 e. The van der Waals surface area contributed by atoms with Gasteiger partial charge in [-0.05, 0) is 0 Å². The molecule has 0 aromatic heterocycles. The predicted molar refractivity (Wildman–Crippen MR) is 53.4 cm³/mol. The third kappa shape index (κ3) is 3.51.